The molecule has 0 fully saturated rings. The number of hydrogen-bond acceptors (Lipinski definition) is 5. The molecular formula is C9H14N2O7. The Hall–Kier alpha value is -2.16. The van der Waals surface area contributed by atoms with Gasteiger partial charge in [0.25, 0.3) is 0 Å². The molecule has 0 aromatic rings. The summed E-state index contributed by atoms with van der Waals surface area (Å²) in [5, 5.41) is 27.6. The van der Waals surface area contributed by atoms with Gasteiger partial charge in [-0.15, -0.1) is 0 Å². The van der Waals surface area contributed by atoms with Crippen LogP contribution in [-0.4, -0.2) is 51.2 Å². The smallest absolute Gasteiger partial charge is 0.326 e. The highest BCUT2D eigenvalue weighted by Crippen LogP contribution is 1.99. The van der Waals surface area contributed by atoms with Gasteiger partial charge >= 0.3 is 17.9 Å². The maximum absolute atomic E-state index is 11.3. The first kappa shape index (κ1) is 15.8. The number of hydrogen-bond donors (Lipinski definition) is 5. The summed E-state index contributed by atoms with van der Waals surface area (Å²) in [5.74, 6) is -4.84. The summed E-state index contributed by atoms with van der Waals surface area (Å²) in [6.07, 6.45) is -1.30. The van der Waals surface area contributed by atoms with E-state index < -0.39 is 48.7 Å². The lowest BCUT2D eigenvalue weighted by molar-refractivity contribution is -0.143. The fraction of sp³-hybridized carbons (Fsp3) is 0.556. The van der Waals surface area contributed by atoms with Gasteiger partial charge in [-0.1, -0.05) is 0 Å². The van der Waals surface area contributed by atoms with Crippen molar-refractivity contribution >= 4 is 23.8 Å². The van der Waals surface area contributed by atoms with Crippen molar-refractivity contribution < 1.29 is 34.5 Å². The van der Waals surface area contributed by atoms with Gasteiger partial charge in [0.2, 0.25) is 5.91 Å². The van der Waals surface area contributed by atoms with Crippen LogP contribution in [0.4, 0.5) is 0 Å². The van der Waals surface area contributed by atoms with Gasteiger partial charge in [0, 0.05) is 6.42 Å². The zero-order valence-corrected chi connectivity index (χ0v) is 9.33. The molecule has 9 nitrogen and oxygen atoms in total. The third-order valence-corrected chi connectivity index (χ3v) is 2.00. The Morgan fingerprint density at radius 2 is 1.61 bits per heavy atom. The molecule has 0 saturated carbocycles. The van der Waals surface area contributed by atoms with Crippen LogP contribution in [0.5, 0.6) is 0 Å². The first-order valence-electron chi connectivity index (χ1n) is 4.96. The zero-order chi connectivity index (χ0) is 14.3. The second kappa shape index (κ2) is 7.22. The SMILES string of the molecule is N[C@@H](CC(=O)N[C@H](CCC(=O)O)C(=O)O)C(=O)O. The zero-order valence-electron chi connectivity index (χ0n) is 9.33. The summed E-state index contributed by atoms with van der Waals surface area (Å²) in [4.78, 5) is 42.6. The Morgan fingerprint density at radius 1 is 1.06 bits per heavy atom. The van der Waals surface area contributed by atoms with E-state index in [1.807, 2.05) is 5.32 Å². The molecule has 0 aliphatic carbocycles. The molecule has 0 aromatic heterocycles. The molecule has 0 spiro atoms. The molecule has 18 heavy (non-hydrogen) atoms. The normalized spacial score (nSPS) is 13.4. The summed E-state index contributed by atoms with van der Waals surface area (Å²) in [6.45, 7) is 0. The Bertz CT molecular complexity index is 355. The van der Waals surface area contributed by atoms with Gasteiger partial charge in [0.15, 0.2) is 0 Å². The molecule has 2 atom stereocenters. The number of carbonyl (C=O) groups is 4. The second-order valence-corrected chi connectivity index (χ2v) is 3.54. The molecule has 9 heteroatoms. The molecule has 0 unspecified atom stereocenters. The molecule has 0 saturated heterocycles. The fourth-order valence-corrected chi connectivity index (χ4v) is 1.07. The summed E-state index contributed by atoms with van der Waals surface area (Å²) >= 11 is 0. The predicted molar refractivity (Wildman–Crippen MR) is 56.7 cm³/mol. The van der Waals surface area contributed by atoms with Gasteiger partial charge < -0.3 is 26.4 Å². The molecule has 0 aromatic carbocycles. The standard InChI is InChI=1S/C9H14N2O7/c10-4(8(15)16)3-6(12)11-5(9(17)18)1-2-7(13)14/h4-5H,1-3,10H2,(H,11,12)(H,13,14)(H,15,16)(H,17,18)/t4-,5+/m0/s1. The number of carboxylic acid groups (broad SMARTS) is 3. The number of carboxylic acids is 3. The van der Waals surface area contributed by atoms with Gasteiger partial charge in [-0.05, 0) is 6.42 Å². The molecule has 1 amide bonds. The third-order valence-electron chi connectivity index (χ3n) is 2.00. The summed E-state index contributed by atoms with van der Waals surface area (Å²) < 4.78 is 0. The number of carbonyl (C=O) groups excluding carboxylic acids is 1. The minimum absolute atomic E-state index is 0.293. The lowest BCUT2D eigenvalue weighted by Crippen LogP contribution is -2.44. The highest BCUT2D eigenvalue weighted by Gasteiger charge is 2.23. The van der Waals surface area contributed by atoms with Crippen LogP contribution < -0.4 is 11.1 Å². The van der Waals surface area contributed by atoms with Crippen LogP contribution in [0.15, 0.2) is 0 Å². The molecule has 0 radical (unpaired) electrons. The first-order valence-corrected chi connectivity index (χ1v) is 4.96. The van der Waals surface area contributed by atoms with Gasteiger partial charge in [-0.25, -0.2) is 4.79 Å². The summed E-state index contributed by atoms with van der Waals surface area (Å²) in [6, 6.07) is -2.81. The number of nitrogens with two attached hydrogens (primary N) is 1. The molecular weight excluding hydrogens is 248 g/mol. The number of nitrogens with one attached hydrogen (secondary N) is 1. The van der Waals surface area contributed by atoms with E-state index in [0.29, 0.717) is 0 Å². The number of amides is 1. The van der Waals surface area contributed by atoms with Crippen molar-refractivity contribution in [3.8, 4) is 0 Å². The maximum Gasteiger partial charge on any atom is 0.326 e. The van der Waals surface area contributed by atoms with Crippen molar-refractivity contribution in [3.63, 3.8) is 0 Å². The van der Waals surface area contributed by atoms with Crippen molar-refractivity contribution in [1.29, 1.82) is 0 Å². The monoisotopic (exact) mass is 262 g/mol. The first-order chi connectivity index (χ1) is 8.23. The van der Waals surface area contributed by atoms with Crippen LogP contribution in [0.25, 0.3) is 0 Å². The van der Waals surface area contributed by atoms with Crippen molar-refractivity contribution in [2.45, 2.75) is 31.3 Å². The molecule has 0 aliphatic rings. The largest absolute Gasteiger partial charge is 0.481 e. The quantitative estimate of drug-likeness (QED) is 0.342. The van der Waals surface area contributed by atoms with Crippen LogP contribution >= 0.6 is 0 Å². The average molecular weight is 262 g/mol. The van der Waals surface area contributed by atoms with Crippen LogP contribution in [-0.2, 0) is 19.2 Å². The van der Waals surface area contributed by atoms with Crippen LogP contribution in [0.2, 0.25) is 0 Å². The van der Waals surface area contributed by atoms with Crippen molar-refractivity contribution in [3.05, 3.63) is 0 Å². The minimum atomic E-state index is -1.43. The van der Waals surface area contributed by atoms with E-state index in [-0.39, 0.29) is 6.42 Å². The lowest BCUT2D eigenvalue weighted by atomic mass is 10.1. The topological polar surface area (TPSA) is 167 Å². The Balaban J connectivity index is 4.32. The Kier molecular flexibility index (Phi) is 6.35. The maximum atomic E-state index is 11.3. The van der Waals surface area contributed by atoms with Crippen LogP contribution in [0.1, 0.15) is 19.3 Å². The van der Waals surface area contributed by atoms with E-state index in [2.05, 4.69) is 0 Å². The highest BCUT2D eigenvalue weighted by molar-refractivity contribution is 5.87. The Labute approximate surface area is 102 Å². The molecule has 6 N–H and O–H groups in total. The molecule has 102 valence electrons. The summed E-state index contributed by atoms with van der Waals surface area (Å²) in [7, 11) is 0. The number of aliphatic carboxylic acids is 3. The van der Waals surface area contributed by atoms with Crippen molar-refractivity contribution in [2.24, 2.45) is 5.73 Å². The second-order valence-electron chi connectivity index (χ2n) is 3.54. The highest BCUT2D eigenvalue weighted by atomic mass is 16.4. The molecule has 0 rings (SSSR count). The van der Waals surface area contributed by atoms with E-state index in [1.165, 1.54) is 0 Å². The van der Waals surface area contributed by atoms with Crippen LogP contribution in [0, 0.1) is 0 Å². The van der Waals surface area contributed by atoms with Crippen molar-refractivity contribution in [1.82, 2.24) is 5.32 Å². The lowest BCUT2D eigenvalue weighted by Gasteiger charge is -2.14. The van der Waals surface area contributed by atoms with E-state index >= 15 is 0 Å². The van der Waals surface area contributed by atoms with E-state index in [1.54, 1.807) is 0 Å². The van der Waals surface area contributed by atoms with E-state index in [4.69, 9.17) is 21.1 Å². The van der Waals surface area contributed by atoms with Gasteiger partial charge in [0.05, 0.1) is 6.42 Å². The predicted octanol–water partition coefficient (Wildman–Crippen LogP) is -1.78. The van der Waals surface area contributed by atoms with E-state index in [0.717, 1.165) is 0 Å². The van der Waals surface area contributed by atoms with Crippen LogP contribution in [0.3, 0.4) is 0 Å². The molecule has 0 heterocycles. The Morgan fingerprint density at radius 3 is 2.00 bits per heavy atom. The fourth-order valence-electron chi connectivity index (χ4n) is 1.07. The van der Waals surface area contributed by atoms with Crippen molar-refractivity contribution in [2.75, 3.05) is 0 Å². The molecule has 0 bridgehead atoms. The van der Waals surface area contributed by atoms with Gasteiger partial charge in [0.1, 0.15) is 12.1 Å². The van der Waals surface area contributed by atoms with Gasteiger partial charge in [-0.2, -0.15) is 0 Å². The average Bonchev–Trinajstić information content (AvgIpc) is 2.23. The minimum Gasteiger partial charge on any atom is -0.481 e. The van der Waals surface area contributed by atoms with E-state index in [9.17, 15) is 19.2 Å². The molecule has 0 aliphatic heterocycles. The third kappa shape index (κ3) is 6.43. The number of rotatable bonds is 8. The van der Waals surface area contributed by atoms with Gasteiger partial charge in [-0.3, -0.25) is 14.4 Å². The summed E-state index contributed by atoms with van der Waals surface area (Å²) in [5.41, 5.74) is 5.09.